The zero-order chi connectivity index (χ0) is 13.9. The Morgan fingerprint density at radius 3 is 2.90 bits per heavy atom. The fourth-order valence-electron chi connectivity index (χ4n) is 3.30. The van der Waals surface area contributed by atoms with Gasteiger partial charge in [-0.25, -0.2) is 4.79 Å². The third-order valence-corrected chi connectivity index (χ3v) is 4.13. The number of rotatable bonds is 2. The van der Waals surface area contributed by atoms with Gasteiger partial charge in [0.25, 0.3) is 0 Å². The summed E-state index contributed by atoms with van der Waals surface area (Å²) in [7, 11) is 0. The normalized spacial score (nSPS) is 24.8. The molecule has 1 fully saturated rings. The lowest BCUT2D eigenvalue weighted by Gasteiger charge is -2.28. The van der Waals surface area contributed by atoms with Gasteiger partial charge in [0, 0.05) is 18.4 Å². The molecule has 2 aliphatic heterocycles. The number of hydrogen-bond donors (Lipinski definition) is 0. The van der Waals surface area contributed by atoms with Crippen LogP contribution in [0.4, 0.5) is 4.79 Å². The van der Waals surface area contributed by atoms with Gasteiger partial charge in [0.2, 0.25) is 0 Å². The van der Waals surface area contributed by atoms with Crippen LogP contribution in [0.3, 0.4) is 0 Å². The second-order valence-corrected chi connectivity index (χ2v) is 5.18. The van der Waals surface area contributed by atoms with Crippen molar-refractivity contribution in [1.29, 1.82) is 0 Å². The van der Waals surface area contributed by atoms with Crippen molar-refractivity contribution in [1.82, 2.24) is 9.88 Å². The number of nitrogens with zero attached hydrogens (tertiary/aromatic N) is 2. The first-order valence-electron chi connectivity index (χ1n) is 7.01. The summed E-state index contributed by atoms with van der Waals surface area (Å²) in [5.41, 5.74) is 2.36. The van der Waals surface area contributed by atoms with Crippen molar-refractivity contribution in [3.05, 3.63) is 49.0 Å². The van der Waals surface area contributed by atoms with Gasteiger partial charge in [-0.15, -0.1) is 0 Å². The number of allylic oxidation sites excluding steroid dienone is 1. The Morgan fingerprint density at radius 2 is 2.15 bits per heavy atom. The summed E-state index contributed by atoms with van der Waals surface area (Å²) in [6.45, 7) is 3.47. The number of ether oxygens (including phenoxy) is 1. The Kier molecular flexibility index (Phi) is 3.54. The van der Waals surface area contributed by atoms with Gasteiger partial charge in [0.1, 0.15) is 0 Å². The van der Waals surface area contributed by atoms with Crippen LogP contribution >= 0.6 is 0 Å². The maximum Gasteiger partial charge on any atom is 0.415 e. The SMILES string of the molecule is C=COC(=O)N1[C@H]2CCC=C(c3ccncc3)[C@H]1CC2. The van der Waals surface area contributed by atoms with Gasteiger partial charge in [-0.1, -0.05) is 12.7 Å². The summed E-state index contributed by atoms with van der Waals surface area (Å²) in [5.74, 6) is 0. The highest BCUT2D eigenvalue weighted by Crippen LogP contribution is 2.39. The van der Waals surface area contributed by atoms with Gasteiger partial charge >= 0.3 is 6.09 Å². The van der Waals surface area contributed by atoms with Crippen LogP contribution in [0.1, 0.15) is 31.2 Å². The summed E-state index contributed by atoms with van der Waals surface area (Å²) in [6, 6.07) is 4.39. The molecule has 0 aliphatic carbocycles. The first kappa shape index (κ1) is 12.9. The molecule has 2 bridgehead atoms. The van der Waals surface area contributed by atoms with Crippen LogP contribution in [0.25, 0.3) is 5.57 Å². The Morgan fingerprint density at radius 1 is 1.35 bits per heavy atom. The summed E-state index contributed by atoms with van der Waals surface area (Å²) in [5, 5.41) is 0. The Balaban J connectivity index is 1.94. The maximum atomic E-state index is 12.2. The number of pyridine rings is 1. The van der Waals surface area contributed by atoms with E-state index >= 15 is 0 Å². The van der Waals surface area contributed by atoms with Crippen LogP contribution < -0.4 is 0 Å². The van der Waals surface area contributed by atoms with E-state index in [-0.39, 0.29) is 18.2 Å². The molecule has 0 radical (unpaired) electrons. The number of carbonyl (C=O) groups is 1. The predicted molar refractivity (Wildman–Crippen MR) is 76.8 cm³/mol. The van der Waals surface area contributed by atoms with E-state index in [1.807, 2.05) is 17.0 Å². The molecule has 4 nitrogen and oxygen atoms in total. The van der Waals surface area contributed by atoms with Gasteiger partial charge < -0.3 is 4.74 Å². The second kappa shape index (κ2) is 5.49. The van der Waals surface area contributed by atoms with Crippen LogP contribution in [0.15, 0.2) is 43.4 Å². The van der Waals surface area contributed by atoms with Crippen LogP contribution in [-0.2, 0) is 4.74 Å². The molecule has 0 unspecified atom stereocenters. The maximum absolute atomic E-state index is 12.2. The molecule has 3 rings (SSSR count). The minimum atomic E-state index is -0.283. The topological polar surface area (TPSA) is 42.4 Å². The fourth-order valence-corrected chi connectivity index (χ4v) is 3.30. The first-order valence-corrected chi connectivity index (χ1v) is 7.01. The van der Waals surface area contributed by atoms with Crippen molar-refractivity contribution in [2.24, 2.45) is 0 Å². The molecule has 0 N–H and O–H groups in total. The lowest BCUT2D eigenvalue weighted by molar-refractivity contribution is 0.123. The lowest BCUT2D eigenvalue weighted by atomic mass is 9.95. The van der Waals surface area contributed by atoms with Gasteiger partial charge in [0.15, 0.2) is 0 Å². The lowest BCUT2D eigenvalue weighted by Crippen LogP contribution is -2.40. The Hall–Kier alpha value is -2.10. The molecule has 1 aromatic heterocycles. The zero-order valence-electron chi connectivity index (χ0n) is 11.4. The van der Waals surface area contributed by atoms with Crippen LogP contribution in [0.2, 0.25) is 0 Å². The molecule has 20 heavy (non-hydrogen) atoms. The van der Waals surface area contributed by atoms with E-state index in [4.69, 9.17) is 4.74 Å². The number of hydrogen-bond acceptors (Lipinski definition) is 3. The van der Waals surface area contributed by atoms with Crippen LogP contribution in [0.5, 0.6) is 0 Å². The minimum absolute atomic E-state index is 0.109. The molecule has 0 spiro atoms. The third kappa shape index (κ3) is 2.22. The highest BCUT2D eigenvalue weighted by atomic mass is 16.5. The minimum Gasteiger partial charge on any atom is -0.419 e. The standard InChI is InChI=1S/C16H18N2O2/c1-2-20-16(19)18-13-4-3-5-14(15(18)7-6-13)12-8-10-17-11-9-12/h2,5,8-11,13,15H,1,3-4,6-7H2/t13-,15+/m0/s1. The summed E-state index contributed by atoms with van der Waals surface area (Å²) in [6.07, 6.45) is 10.8. The van der Waals surface area contributed by atoms with E-state index in [0.717, 1.165) is 31.2 Å². The molecule has 2 aliphatic rings. The quantitative estimate of drug-likeness (QED) is 0.774. The zero-order valence-corrected chi connectivity index (χ0v) is 11.4. The molecule has 4 heteroatoms. The van der Waals surface area contributed by atoms with Crippen LogP contribution in [-0.4, -0.2) is 28.1 Å². The van der Waals surface area contributed by atoms with Gasteiger partial charge in [-0.3, -0.25) is 9.88 Å². The molecule has 1 saturated heterocycles. The molecule has 3 heterocycles. The van der Waals surface area contributed by atoms with Crippen LogP contribution in [0, 0.1) is 0 Å². The Labute approximate surface area is 118 Å². The molecule has 2 atom stereocenters. The average Bonchev–Trinajstić information content (AvgIpc) is 2.77. The van der Waals surface area contributed by atoms with E-state index in [1.54, 1.807) is 12.4 Å². The summed E-state index contributed by atoms with van der Waals surface area (Å²) in [4.78, 5) is 18.1. The molecule has 0 saturated carbocycles. The van der Waals surface area contributed by atoms with Gasteiger partial charge in [0.05, 0.1) is 12.3 Å². The second-order valence-electron chi connectivity index (χ2n) is 5.18. The summed E-state index contributed by atoms with van der Waals surface area (Å²) >= 11 is 0. The molecular formula is C16H18N2O2. The van der Waals surface area contributed by atoms with E-state index in [2.05, 4.69) is 17.6 Å². The van der Waals surface area contributed by atoms with Gasteiger partial charge in [-0.05, 0) is 49.0 Å². The molecular weight excluding hydrogens is 252 g/mol. The molecule has 1 aromatic rings. The summed E-state index contributed by atoms with van der Waals surface area (Å²) < 4.78 is 5.01. The van der Waals surface area contributed by atoms with Crippen molar-refractivity contribution in [2.75, 3.05) is 0 Å². The van der Waals surface area contributed by atoms with Crippen molar-refractivity contribution < 1.29 is 9.53 Å². The smallest absolute Gasteiger partial charge is 0.415 e. The average molecular weight is 270 g/mol. The number of amides is 1. The van der Waals surface area contributed by atoms with Crippen molar-refractivity contribution in [3.8, 4) is 0 Å². The monoisotopic (exact) mass is 270 g/mol. The number of fused-ring (bicyclic) bond motifs is 2. The van der Waals surface area contributed by atoms with Crippen molar-refractivity contribution >= 4 is 11.7 Å². The van der Waals surface area contributed by atoms with E-state index < -0.39 is 0 Å². The fraction of sp³-hybridized carbons (Fsp3) is 0.375. The highest BCUT2D eigenvalue weighted by molar-refractivity contribution is 5.78. The van der Waals surface area contributed by atoms with Gasteiger partial charge in [-0.2, -0.15) is 0 Å². The first-order chi connectivity index (χ1) is 9.81. The number of carbonyl (C=O) groups excluding carboxylic acids is 1. The predicted octanol–water partition coefficient (Wildman–Crippen LogP) is 3.37. The largest absolute Gasteiger partial charge is 0.419 e. The number of aromatic nitrogens is 1. The Bertz CT molecular complexity index is 539. The van der Waals surface area contributed by atoms with Crippen molar-refractivity contribution in [2.45, 2.75) is 37.8 Å². The van der Waals surface area contributed by atoms with E-state index in [0.29, 0.717) is 0 Å². The van der Waals surface area contributed by atoms with E-state index in [1.165, 1.54) is 11.8 Å². The molecule has 1 amide bonds. The highest BCUT2D eigenvalue weighted by Gasteiger charge is 2.40. The van der Waals surface area contributed by atoms with E-state index in [9.17, 15) is 4.79 Å². The molecule has 0 aromatic carbocycles. The third-order valence-electron chi connectivity index (χ3n) is 4.13. The molecule has 104 valence electrons. The van der Waals surface area contributed by atoms with Crippen molar-refractivity contribution in [3.63, 3.8) is 0 Å².